The van der Waals surface area contributed by atoms with Gasteiger partial charge >= 0.3 is 0 Å². The lowest BCUT2D eigenvalue weighted by molar-refractivity contribution is -0.122. The van der Waals surface area contributed by atoms with Crippen LogP contribution in [0.25, 0.3) is 0 Å². The molecule has 7 heteroatoms. The first kappa shape index (κ1) is 15.1. The molecular weight excluding hydrogens is 272 g/mol. The molecule has 102 valence electrons. The average Bonchev–Trinajstić information content (AvgIpc) is 2.66. The fraction of sp³-hybridized carbons (Fsp3) is 0.545. The molecule has 1 aromatic rings. The third-order valence-corrected chi connectivity index (χ3v) is 4.78. The van der Waals surface area contributed by atoms with Crippen molar-refractivity contribution < 1.29 is 13.2 Å². The molecule has 0 aliphatic rings. The van der Waals surface area contributed by atoms with Gasteiger partial charge in [0.25, 0.3) is 0 Å². The lowest BCUT2D eigenvalue weighted by atomic mass is 10.1. The molecular formula is C11H18N2O3S2. The Kier molecular flexibility index (Phi) is 4.89. The Morgan fingerprint density at radius 2 is 2.06 bits per heavy atom. The van der Waals surface area contributed by atoms with E-state index in [4.69, 9.17) is 0 Å². The Balaban J connectivity index is 2.41. The predicted octanol–water partition coefficient (Wildman–Crippen LogP) is 1.33. The second kappa shape index (κ2) is 5.81. The fourth-order valence-electron chi connectivity index (χ4n) is 1.27. The maximum atomic E-state index is 11.7. The van der Waals surface area contributed by atoms with Crippen molar-refractivity contribution >= 4 is 27.3 Å². The van der Waals surface area contributed by atoms with Crippen LogP contribution in [-0.2, 0) is 14.8 Å². The molecule has 1 aromatic heterocycles. The number of amides is 1. The SMILES string of the molecule is CC(C)(C)NC(=O)CCNS(=O)(=O)c1cccs1. The number of sulfonamides is 1. The molecule has 18 heavy (non-hydrogen) atoms. The van der Waals surface area contributed by atoms with Crippen LogP contribution in [0.15, 0.2) is 21.7 Å². The number of hydrogen-bond acceptors (Lipinski definition) is 4. The number of thiophene rings is 1. The number of carbonyl (C=O) groups is 1. The van der Waals surface area contributed by atoms with Crippen molar-refractivity contribution in [2.45, 2.75) is 36.9 Å². The molecule has 0 saturated carbocycles. The first-order valence-electron chi connectivity index (χ1n) is 5.55. The predicted molar refractivity (Wildman–Crippen MR) is 72.0 cm³/mol. The third-order valence-electron chi connectivity index (χ3n) is 1.92. The summed E-state index contributed by atoms with van der Waals surface area (Å²) in [4.78, 5) is 11.5. The van der Waals surface area contributed by atoms with Gasteiger partial charge in [0.05, 0.1) is 0 Å². The monoisotopic (exact) mass is 290 g/mol. The minimum atomic E-state index is -3.47. The molecule has 0 aromatic carbocycles. The Bertz CT molecular complexity index is 487. The normalized spacial score (nSPS) is 12.4. The molecule has 1 amide bonds. The highest BCUT2D eigenvalue weighted by molar-refractivity contribution is 7.91. The Labute approximate surface area is 112 Å². The molecule has 0 aliphatic carbocycles. The smallest absolute Gasteiger partial charge is 0.250 e. The van der Waals surface area contributed by atoms with Gasteiger partial charge in [0, 0.05) is 18.5 Å². The molecule has 0 radical (unpaired) electrons. The van der Waals surface area contributed by atoms with Gasteiger partial charge in [-0.2, -0.15) is 0 Å². The average molecular weight is 290 g/mol. The molecule has 5 nitrogen and oxygen atoms in total. The minimum Gasteiger partial charge on any atom is -0.351 e. The topological polar surface area (TPSA) is 75.3 Å². The molecule has 1 heterocycles. The highest BCUT2D eigenvalue weighted by Gasteiger charge is 2.17. The van der Waals surface area contributed by atoms with Crippen LogP contribution in [0, 0.1) is 0 Å². The molecule has 0 aliphatic heterocycles. The zero-order valence-corrected chi connectivity index (χ0v) is 12.3. The van der Waals surface area contributed by atoms with Gasteiger partial charge in [-0.15, -0.1) is 11.3 Å². The summed E-state index contributed by atoms with van der Waals surface area (Å²) in [7, 11) is -3.47. The van der Waals surface area contributed by atoms with Crippen LogP contribution in [0.4, 0.5) is 0 Å². The maximum Gasteiger partial charge on any atom is 0.250 e. The van der Waals surface area contributed by atoms with Crippen LogP contribution in [0.2, 0.25) is 0 Å². The number of rotatable bonds is 5. The summed E-state index contributed by atoms with van der Waals surface area (Å²) < 4.78 is 26.1. The van der Waals surface area contributed by atoms with Crippen LogP contribution >= 0.6 is 11.3 Å². The Morgan fingerprint density at radius 3 is 2.56 bits per heavy atom. The van der Waals surface area contributed by atoms with Crippen molar-refractivity contribution in [3.05, 3.63) is 17.5 Å². The summed E-state index contributed by atoms with van der Waals surface area (Å²) in [5.41, 5.74) is -0.302. The molecule has 0 spiro atoms. The van der Waals surface area contributed by atoms with Gasteiger partial charge in [0.1, 0.15) is 4.21 Å². The number of carbonyl (C=O) groups excluding carboxylic acids is 1. The molecule has 0 saturated heterocycles. The van der Waals surface area contributed by atoms with E-state index in [0.29, 0.717) is 0 Å². The zero-order valence-electron chi connectivity index (χ0n) is 10.7. The summed E-state index contributed by atoms with van der Waals surface area (Å²) in [6.45, 7) is 5.73. The maximum absolute atomic E-state index is 11.7. The van der Waals surface area contributed by atoms with Gasteiger partial charge in [-0.25, -0.2) is 13.1 Å². The van der Waals surface area contributed by atoms with Gasteiger partial charge in [0.2, 0.25) is 15.9 Å². The van der Waals surface area contributed by atoms with Crippen molar-refractivity contribution in [2.75, 3.05) is 6.54 Å². The number of hydrogen-bond donors (Lipinski definition) is 2. The van der Waals surface area contributed by atoms with E-state index in [2.05, 4.69) is 10.0 Å². The van der Waals surface area contributed by atoms with Crippen molar-refractivity contribution in [2.24, 2.45) is 0 Å². The third kappa shape index (κ3) is 5.16. The summed E-state index contributed by atoms with van der Waals surface area (Å²) in [5.74, 6) is -0.170. The van der Waals surface area contributed by atoms with E-state index in [0.717, 1.165) is 11.3 Å². The van der Waals surface area contributed by atoms with Gasteiger partial charge in [-0.1, -0.05) is 6.07 Å². The van der Waals surface area contributed by atoms with Gasteiger partial charge < -0.3 is 5.32 Å². The highest BCUT2D eigenvalue weighted by atomic mass is 32.2. The summed E-state index contributed by atoms with van der Waals surface area (Å²) in [5, 5.41) is 4.46. The lowest BCUT2D eigenvalue weighted by Crippen LogP contribution is -2.41. The van der Waals surface area contributed by atoms with E-state index in [1.165, 1.54) is 6.07 Å². The minimum absolute atomic E-state index is 0.0994. The Morgan fingerprint density at radius 1 is 1.39 bits per heavy atom. The number of nitrogens with one attached hydrogen (secondary N) is 2. The van der Waals surface area contributed by atoms with E-state index in [-0.39, 0.29) is 28.6 Å². The lowest BCUT2D eigenvalue weighted by Gasteiger charge is -2.20. The van der Waals surface area contributed by atoms with Crippen LogP contribution in [0.3, 0.4) is 0 Å². The van der Waals surface area contributed by atoms with Gasteiger partial charge in [-0.05, 0) is 32.2 Å². The van der Waals surface area contributed by atoms with Gasteiger partial charge in [-0.3, -0.25) is 4.79 Å². The molecule has 0 bridgehead atoms. The second-order valence-electron chi connectivity index (χ2n) is 4.88. The van der Waals surface area contributed by atoms with E-state index in [9.17, 15) is 13.2 Å². The molecule has 1 rings (SSSR count). The molecule has 2 N–H and O–H groups in total. The van der Waals surface area contributed by atoms with Crippen LogP contribution in [0.1, 0.15) is 27.2 Å². The van der Waals surface area contributed by atoms with Crippen molar-refractivity contribution in [3.63, 3.8) is 0 Å². The molecule has 0 atom stereocenters. The summed E-state index contributed by atoms with van der Waals surface area (Å²) in [6.07, 6.45) is 0.127. The van der Waals surface area contributed by atoms with E-state index < -0.39 is 10.0 Å². The van der Waals surface area contributed by atoms with Crippen LogP contribution in [-0.4, -0.2) is 26.4 Å². The first-order valence-corrected chi connectivity index (χ1v) is 7.91. The van der Waals surface area contributed by atoms with Crippen LogP contribution < -0.4 is 10.0 Å². The van der Waals surface area contributed by atoms with E-state index in [1.807, 2.05) is 20.8 Å². The first-order chi connectivity index (χ1) is 8.21. The summed E-state index contributed by atoms with van der Waals surface area (Å²) in [6, 6.07) is 3.20. The summed E-state index contributed by atoms with van der Waals surface area (Å²) >= 11 is 1.15. The van der Waals surface area contributed by atoms with Gasteiger partial charge in [0.15, 0.2) is 0 Å². The molecule has 0 unspecified atom stereocenters. The second-order valence-corrected chi connectivity index (χ2v) is 7.82. The Hall–Kier alpha value is -0.920. The highest BCUT2D eigenvalue weighted by Crippen LogP contribution is 2.14. The van der Waals surface area contributed by atoms with Crippen LogP contribution in [0.5, 0.6) is 0 Å². The van der Waals surface area contributed by atoms with Crippen molar-refractivity contribution in [3.8, 4) is 0 Å². The fourth-order valence-corrected chi connectivity index (χ4v) is 3.34. The standard InChI is InChI=1S/C11H18N2O3S2/c1-11(2,3)13-9(14)6-7-12-18(15,16)10-5-4-8-17-10/h4-5,8,12H,6-7H2,1-3H3,(H,13,14). The van der Waals surface area contributed by atoms with E-state index >= 15 is 0 Å². The van der Waals surface area contributed by atoms with Crippen molar-refractivity contribution in [1.82, 2.24) is 10.0 Å². The van der Waals surface area contributed by atoms with E-state index in [1.54, 1.807) is 11.4 Å². The largest absolute Gasteiger partial charge is 0.351 e. The zero-order chi connectivity index (χ0) is 13.8. The quantitative estimate of drug-likeness (QED) is 0.859. The van der Waals surface area contributed by atoms with Crippen molar-refractivity contribution in [1.29, 1.82) is 0 Å². The molecule has 0 fully saturated rings.